The van der Waals surface area contributed by atoms with E-state index in [4.69, 9.17) is 4.74 Å². The summed E-state index contributed by atoms with van der Waals surface area (Å²) in [6.45, 7) is 5.07. The number of nitrogens with zero attached hydrogens (tertiary/aromatic N) is 1. The molecule has 0 fully saturated rings. The molecule has 2 unspecified atom stereocenters. The zero-order valence-corrected chi connectivity index (χ0v) is 23.5. The highest BCUT2D eigenvalue weighted by atomic mass is 32.2. The van der Waals surface area contributed by atoms with Crippen LogP contribution in [0.5, 0.6) is 0 Å². The van der Waals surface area contributed by atoms with Crippen LogP contribution in [0.1, 0.15) is 34.4 Å². The van der Waals surface area contributed by atoms with Crippen LogP contribution in [0.4, 0.5) is 0 Å². The van der Waals surface area contributed by atoms with Crippen LogP contribution in [0.15, 0.2) is 94.7 Å². The highest BCUT2D eigenvalue weighted by molar-refractivity contribution is 7.92. The lowest BCUT2D eigenvalue weighted by molar-refractivity contribution is -0.148. The Bertz CT molecular complexity index is 1760. The summed E-state index contributed by atoms with van der Waals surface area (Å²) < 4.78 is 63.1. The Labute approximate surface area is 229 Å². The molecule has 0 N–H and O–H groups in total. The molecule has 0 radical (unpaired) electrons. The third kappa shape index (κ3) is 4.86. The van der Waals surface area contributed by atoms with Gasteiger partial charge in [-0.2, -0.15) is 4.31 Å². The number of hydrogen-bond acceptors (Lipinski definition) is 6. The van der Waals surface area contributed by atoms with E-state index in [0.717, 1.165) is 26.2 Å². The van der Waals surface area contributed by atoms with Gasteiger partial charge in [0.15, 0.2) is 9.84 Å². The predicted octanol–water partition coefficient (Wildman–Crippen LogP) is 5.11. The summed E-state index contributed by atoms with van der Waals surface area (Å²) in [5, 5.41) is 0.107. The van der Waals surface area contributed by atoms with E-state index < -0.39 is 37.1 Å². The molecule has 2 atom stereocenters. The molecule has 0 amide bonds. The van der Waals surface area contributed by atoms with Crippen LogP contribution in [0.25, 0.3) is 10.8 Å². The minimum absolute atomic E-state index is 0.00101. The molecule has 5 rings (SSSR count). The molecule has 1 aliphatic rings. The third-order valence-corrected chi connectivity index (χ3v) is 11.0. The summed E-state index contributed by atoms with van der Waals surface area (Å²) in [7, 11) is -8.56. The number of sulfone groups is 1. The first-order chi connectivity index (χ1) is 18.5. The topological polar surface area (TPSA) is 97.8 Å². The van der Waals surface area contributed by atoms with E-state index in [-0.39, 0.29) is 22.9 Å². The minimum Gasteiger partial charge on any atom is -0.465 e. The van der Waals surface area contributed by atoms with Gasteiger partial charge in [0.25, 0.3) is 0 Å². The molecule has 4 aromatic carbocycles. The SMILES string of the molecule is CCOC(=O)C1C(S(=O)(=O)c2ccc(C)cc2)c2cc3ccccc3cc2CN1S(=O)(=O)c1ccc(C)cc1. The van der Waals surface area contributed by atoms with Crippen molar-refractivity contribution >= 4 is 36.6 Å². The summed E-state index contributed by atoms with van der Waals surface area (Å²) in [4.78, 5) is 13.5. The van der Waals surface area contributed by atoms with Crippen molar-refractivity contribution in [3.63, 3.8) is 0 Å². The Hall–Kier alpha value is -3.53. The van der Waals surface area contributed by atoms with Crippen molar-refractivity contribution in [3.05, 3.63) is 107 Å². The van der Waals surface area contributed by atoms with Gasteiger partial charge >= 0.3 is 5.97 Å². The summed E-state index contributed by atoms with van der Waals surface area (Å²) in [5.74, 6) is -0.910. The Kier molecular flexibility index (Phi) is 7.09. The van der Waals surface area contributed by atoms with Crippen LogP contribution in [0, 0.1) is 13.8 Å². The second kappa shape index (κ2) is 10.2. The first-order valence-electron chi connectivity index (χ1n) is 12.6. The van der Waals surface area contributed by atoms with Crippen LogP contribution < -0.4 is 0 Å². The highest BCUT2D eigenvalue weighted by Gasteiger charge is 2.52. The molecule has 4 aromatic rings. The van der Waals surface area contributed by atoms with Gasteiger partial charge in [-0.1, -0.05) is 59.7 Å². The fourth-order valence-electron chi connectivity index (χ4n) is 5.05. The van der Waals surface area contributed by atoms with Gasteiger partial charge in [-0.25, -0.2) is 16.8 Å². The van der Waals surface area contributed by atoms with Crippen LogP contribution >= 0.6 is 0 Å². The van der Waals surface area contributed by atoms with Crippen molar-refractivity contribution in [2.75, 3.05) is 6.61 Å². The number of ether oxygens (including phenoxy) is 1. The van der Waals surface area contributed by atoms with Crippen molar-refractivity contribution in [3.8, 4) is 0 Å². The lowest BCUT2D eigenvalue weighted by Crippen LogP contribution is -2.53. The van der Waals surface area contributed by atoms with E-state index in [9.17, 15) is 21.6 Å². The molecule has 0 bridgehead atoms. The van der Waals surface area contributed by atoms with Crippen molar-refractivity contribution in [1.82, 2.24) is 4.31 Å². The molecule has 1 heterocycles. The number of sulfonamides is 1. The largest absolute Gasteiger partial charge is 0.465 e. The van der Waals surface area contributed by atoms with Gasteiger partial charge in [0.2, 0.25) is 10.0 Å². The van der Waals surface area contributed by atoms with Gasteiger partial charge in [-0.05, 0) is 79.1 Å². The van der Waals surface area contributed by atoms with Crippen molar-refractivity contribution in [2.45, 2.75) is 48.4 Å². The van der Waals surface area contributed by atoms with Crippen molar-refractivity contribution in [2.24, 2.45) is 0 Å². The quantitative estimate of drug-likeness (QED) is 0.303. The van der Waals surface area contributed by atoms with Gasteiger partial charge < -0.3 is 4.74 Å². The fraction of sp³-hybridized carbons (Fsp3) is 0.233. The number of carbonyl (C=O) groups is 1. The van der Waals surface area contributed by atoms with Crippen LogP contribution in [-0.4, -0.2) is 39.8 Å². The molecule has 202 valence electrons. The summed E-state index contributed by atoms with van der Waals surface area (Å²) in [6.07, 6.45) is 0. The highest BCUT2D eigenvalue weighted by Crippen LogP contribution is 2.44. The molecular formula is C30H29NO6S2. The number of fused-ring (bicyclic) bond motifs is 2. The monoisotopic (exact) mass is 563 g/mol. The van der Waals surface area contributed by atoms with E-state index >= 15 is 0 Å². The second-order valence-corrected chi connectivity index (χ2v) is 13.7. The minimum atomic E-state index is -4.30. The number of hydrogen-bond donors (Lipinski definition) is 0. The van der Waals surface area contributed by atoms with Gasteiger partial charge in [0.05, 0.1) is 16.4 Å². The Balaban J connectivity index is 1.80. The number of aryl methyl sites for hydroxylation is 2. The van der Waals surface area contributed by atoms with Crippen LogP contribution in [-0.2, 0) is 35.9 Å². The number of carbonyl (C=O) groups excluding carboxylic acids is 1. The van der Waals surface area contributed by atoms with Crippen LogP contribution in [0.2, 0.25) is 0 Å². The maximum Gasteiger partial charge on any atom is 0.326 e. The molecular weight excluding hydrogens is 534 g/mol. The molecule has 1 aliphatic heterocycles. The first-order valence-corrected chi connectivity index (χ1v) is 15.6. The zero-order chi connectivity index (χ0) is 27.9. The predicted molar refractivity (Wildman–Crippen MR) is 149 cm³/mol. The standard InChI is InChI=1S/C30H29NO6S2/c1-4-37-30(32)28-29(38(33,34)25-13-9-20(2)10-14-25)27-18-23-8-6-5-7-22(23)17-24(27)19-31(28)39(35,36)26-15-11-21(3)12-16-26/h5-18,28-29H,4,19H2,1-3H3. The molecule has 0 aromatic heterocycles. The summed E-state index contributed by atoms with van der Waals surface area (Å²) >= 11 is 0. The number of esters is 1. The molecule has 7 nitrogen and oxygen atoms in total. The van der Waals surface area contributed by atoms with Gasteiger partial charge in [0.1, 0.15) is 11.3 Å². The zero-order valence-electron chi connectivity index (χ0n) is 21.9. The Morgan fingerprint density at radius 2 is 1.36 bits per heavy atom. The van der Waals surface area contributed by atoms with Gasteiger partial charge in [-0.3, -0.25) is 4.79 Å². The molecule has 0 saturated carbocycles. The average Bonchev–Trinajstić information content (AvgIpc) is 2.91. The smallest absolute Gasteiger partial charge is 0.326 e. The Morgan fingerprint density at radius 3 is 1.92 bits per heavy atom. The summed E-state index contributed by atoms with van der Waals surface area (Å²) in [6, 6.07) is 22.0. The first kappa shape index (κ1) is 27.1. The average molecular weight is 564 g/mol. The molecule has 0 aliphatic carbocycles. The third-order valence-electron chi connectivity index (χ3n) is 7.08. The lowest BCUT2D eigenvalue weighted by atomic mass is 9.92. The molecule has 0 saturated heterocycles. The molecule has 0 spiro atoms. The number of rotatable bonds is 6. The van der Waals surface area contributed by atoms with Crippen molar-refractivity contribution < 1.29 is 26.4 Å². The summed E-state index contributed by atoms with van der Waals surface area (Å²) in [5.41, 5.74) is 2.65. The van der Waals surface area contributed by atoms with E-state index in [1.54, 1.807) is 43.3 Å². The van der Waals surface area contributed by atoms with Crippen molar-refractivity contribution in [1.29, 1.82) is 0 Å². The Morgan fingerprint density at radius 1 is 0.821 bits per heavy atom. The van der Waals surface area contributed by atoms with Gasteiger partial charge in [0, 0.05) is 6.54 Å². The van der Waals surface area contributed by atoms with E-state index in [1.807, 2.05) is 38.1 Å². The van der Waals surface area contributed by atoms with E-state index in [2.05, 4.69) is 0 Å². The fourth-order valence-corrected chi connectivity index (χ4v) is 8.66. The maximum atomic E-state index is 14.3. The normalized spacial score (nSPS) is 18.0. The van der Waals surface area contributed by atoms with E-state index in [1.165, 1.54) is 24.3 Å². The second-order valence-electron chi connectivity index (χ2n) is 9.74. The van der Waals surface area contributed by atoms with Gasteiger partial charge in [-0.15, -0.1) is 0 Å². The molecule has 9 heteroatoms. The van der Waals surface area contributed by atoms with E-state index in [0.29, 0.717) is 11.1 Å². The lowest BCUT2D eigenvalue weighted by Gasteiger charge is -2.39. The van der Waals surface area contributed by atoms with Crippen LogP contribution in [0.3, 0.4) is 0 Å². The maximum absolute atomic E-state index is 14.3. The molecule has 39 heavy (non-hydrogen) atoms. The number of benzene rings is 4.